The molecule has 1 N–H and O–H groups in total. The van der Waals surface area contributed by atoms with Crippen LogP contribution in [-0.2, 0) is 5.60 Å². The van der Waals surface area contributed by atoms with Crippen molar-refractivity contribution < 1.29 is 5.11 Å². The molecular formula is C12H11Cl2NOS. The zero-order valence-corrected chi connectivity index (χ0v) is 11.7. The lowest BCUT2D eigenvalue weighted by atomic mass is 10.1. The van der Waals surface area contributed by atoms with E-state index in [-0.39, 0.29) is 0 Å². The molecule has 0 bridgehead atoms. The summed E-state index contributed by atoms with van der Waals surface area (Å²) in [5, 5.41) is 11.8. The molecule has 90 valence electrons. The Morgan fingerprint density at radius 2 is 2.00 bits per heavy atom. The van der Waals surface area contributed by atoms with Crippen LogP contribution in [0.3, 0.4) is 0 Å². The Bertz CT molecular complexity index is 546. The lowest BCUT2D eigenvalue weighted by Crippen LogP contribution is -2.12. The van der Waals surface area contributed by atoms with Crippen LogP contribution in [0, 0.1) is 0 Å². The summed E-state index contributed by atoms with van der Waals surface area (Å²) in [7, 11) is 0. The average Bonchev–Trinajstić information content (AvgIpc) is 2.65. The van der Waals surface area contributed by atoms with E-state index in [1.165, 1.54) is 11.3 Å². The highest BCUT2D eigenvalue weighted by Gasteiger charge is 2.20. The molecule has 5 heteroatoms. The third-order valence-corrected chi connectivity index (χ3v) is 4.16. The standard InChI is InChI=1S/C12H11Cl2NOS/c1-12(2,16)10-6-15-11(17-10)8-4-3-7(13)5-9(8)14/h3-6,16H,1-2H3. The van der Waals surface area contributed by atoms with Crippen molar-refractivity contribution in [3.63, 3.8) is 0 Å². The Labute approximate surface area is 114 Å². The Morgan fingerprint density at radius 3 is 2.53 bits per heavy atom. The minimum atomic E-state index is -0.880. The molecule has 17 heavy (non-hydrogen) atoms. The molecule has 0 saturated carbocycles. The smallest absolute Gasteiger partial charge is 0.125 e. The van der Waals surface area contributed by atoms with Gasteiger partial charge in [0.1, 0.15) is 5.01 Å². The van der Waals surface area contributed by atoms with Gasteiger partial charge in [0.25, 0.3) is 0 Å². The first-order chi connectivity index (χ1) is 7.88. The van der Waals surface area contributed by atoms with E-state index in [1.807, 2.05) is 6.07 Å². The quantitative estimate of drug-likeness (QED) is 0.891. The van der Waals surface area contributed by atoms with Crippen molar-refractivity contribution in [1.29, 1.82) is 0 Å². The van der Waals surface area contributed by atoms with Crippen molar-refractivity contribution in [2.24, 2.45) is 0 Å². The van der Waals surface area contributed by atoms with Crippen LogP contribution in [0.4, 0.5) is 0 Å². The molecule has 0 radical (unpaired) electrons. The first kappa shape index (κ1) is 12.8. The zero-order valence-electron chi connectivity index (χ0n) is 9.37. The van der Waals surface area contributed by atoms with Crippen LogP contribution in [0.2, 0.25) is 10.0 Å². The maximum Gasteiger partial charge on any atom is 0.125 e. The summed E-state index contributed by atoms with van der Waals surface area (Å²) in [5.74, 6) is 0. The molecule has 0 aliphatic rings. The van der Waals surface area contributed by atoms with Gasteiger partial charge in [-0.1, -0.05) is 23.2 Å². The summed E-state index contributed by atoms with van der Waals surface area (Å²) in [6.45, 7) is 3.46. The monoisotopic (exact) mass is 287 g/mol. The normalized spacial score (nSPS) is 11.8. The van der Waals surface area contributed by atoms with E-state index in [2.05, 4.69) is 4.98 Å². The summed E-state index contributed by atoms with van der Waals surface area (Å²) in [6.07, 6.45) is 1.67. The van der Waals surface area contributed by atoms with E-state index in [1.54, 1.807) is 32.2 Å². The highest BCUT2D eigenvalue weighted by atomic mass is 35.5. The highest BCUT2D eigenvalue weighted by Crippen LogP contribution is 2.35. The molecule has 0 aliphatic heterocycles. The van der Waals surface area contributed by atoms with Crippen LogP contribution in [0.5, 0.6) is 0 Å². The maximum absolute atomic E-state index is 9.88. The number of nitrogens with zero attached hydrogens (tertiary/aromatic N) is 1. The molecule has 0 saturated heterocycles. The first-order valence-electron chi connectivity index (χ1n) is 5.02. The summed E-state index contributed by atoms with van der Waals surface area (Å²) in [5.41, 5.74) is -0.0500. The number of aliphatic hydroxyl groups is 1. The zero-order chi connectivity index (χ0) is 12.6. The SMILES string of the molecule is CC(C)(O)c1cnc(-c2ccc(Cl)cc2Cl)s1. The number of thiazole rings is 1. The van der Waals surface area contributed by atoms with Gasteiger partial charge in [0, 0.05) is 16.8 Å². The second-order valence-corrected chi connectivity index (χ2v) is 6.09. The molecule has 2 nitrogen and oxygen atoms in total. The Kier molecular flexibility index (Phi) is 3.46. The molecule has 1 heterocycles. The van der Waals surface area contributed by atoms with Gasteiger partial charge < -0.3 is 5.11 Å². The van der Waals surface area contributed by atoms with Crippen molar-refractivity contribution in [3.8, 4) is 10.6 Å². The fourth-order valence-corrected chi connectivity index (χ4v) is 2.86. The van der Waals surface area contributed by atoms with Crippen LogP contribution >= 0.6 is 34.5 Å². The molecule has 1 aromatic carbocycles. The van der Waals surface area contributed by atoms with E-state index < -0.39 is 5.60 Å². The van der Waals surface area contributed by atoms with Gasteiger partial charge in [-0.05, 0) is 32.0 Å². The largest absolute Gasteiger partial charge is 0.385 e. The van der Waals surface area contributed by atoms with Gasteiger partial charge in [0.05, 0.1) is 15.5 Å². The lowest BCUT2D eigenvalue weighted by molar-refractivity contribution is 0.0823. The predicted octanol–water partition coefficient (Wildman–Crippen LogP) is 4.34. The van der Waals surface area contributed by atoms with Crippen LogP contribution in [0.1, 0.15) is 18.7 Å². The fraction of sp³-hybridized carbons (Fsp3) is 0.250. The van der Waals surface area contributed by atoms with Gasteiger partial charge in [-0.3, -0.25) is 0 Å². The van der Waals surface area contributed by atoms with E-state index in [0.29, 0.717) is 10.0 Å². The minimum absolute atomic E-state index is 0.564. The summed E-state index contributed by atoms with van der Waals surface area (Å²) in [4.78, 5) is 5.08. The summed E-state index contributed by atoms with van der Waals surface area (Å²) >= 11 is 13.4. The van der Waals surface area contributed by atoms with Crippen molar-refractivity contribution in [1.82, 2.24) is 4.98 Å². The van der Waals surface area contributed by atoms with Crippen molar-refractivity contribution >= 4 is 34.5 Å². The van der Waals surface area contributed by atoms with E-state index in [0.717, 1.165) is 15.4 Å². The second-order valence-electron chi connectivity index (χ2n) is 4.21. The van der Waals surface area contributed by atoms with Gasteiger partial charge >= 0.3 is 0 Å². The van der Waals surface area contributed by atoms with Crippen LogP contribution in [0.25, 0.3) is 10.6 Å². The van der Waals surface area contributed by atoms with Gasteiger partial charge in [-0.15, -0.1) is 11.3 Å². The number of halogens is 2. The van der Waals surface area contributed by atoms with Crippen molar-refractivity contribution in [2.45, 2.75) is 19.4 Å². The molecule has 2 rings (SSSR count). The van der Waals surface area contributed by atoms with Gasteiger partial charge in [-0.25, -0.2) is 4.98 Å². The molecule has 1 aromatic heterocycles. The number of benzene rings is 1. The molecule has 0 aliphatic carbocycles. The van der Waals surface area contributed by atoms with E-state index in [9.17, 15) is 5.11 Å². The molecule has 0 amide bonds. The van der Waals surface area contributed by atoms with Crippen LogP contribution < -0.4 is 0 Å². The lowest BCUT2D eigenvalue weighted by Gasteiger charge is -2.13. The Hall–Kier alpha value is -0.610. The van der Waals surface area contributed by atoms with Gasteiger partial charge in [-0.2, -0.15) is 0 Å². The second kappa shape index (κ2) is 4.58. The summed E-state index contributed by atoms with van der Waals surface area (Å²) < 4.78 is 0. The Balaban J connectivity index is 2.44. The Morgan fingerprint density at radius 1 is 1.29 bits per heavy atom. The van der Waals surface area contributed by atoms with Gasteiger partial charge in [0.15, 0.2) is 0 Å². The van der Waals surface area contributed by atoms with E-state index >= 15 is 0 Å². The number of rotatable bonds is 2. The molecule has 2 aromatic rings. The third kappa shape index (κ3) is 2.80. The third-order valence-electron chi connectivity index (χ3n) is 2.27. The van der Waals surface area contributed by atoms with Crippen molar-refractivity contribution in [2.75, 3.05) is 0 Å². The van der Waals surface area contributed by atoms with Gasteiger partial charge in [0.2, 0.25) is 0 Å². The fourth-order valence-electron chi connectivity index (χ4n) is 1.34. The average molecular weight is 288 g/mol. The topological polar surface area (TPSA) is 33.1 Å². The molecule has 0 atom stereocenters. The van der Waals surface area contributed by atoms with Crippen molar-refractivity contribution in [3.05, 3.63) is 39.3 Å². The highest BCUT2D eigenvalue weighted by molar-refractivity contribution is 7.15. The maximum atomic E-state index is 9.88. The van der Waals surface area contributed by atoms with Crippen LogP contribution in [-0.4, -0.2) is 10.1 Å². The molecule has 0 fully saturated rings. The molecule has 0 unspecified atom stereocenters. The number of hydrogen-bond donors (Lipinski definition) is 1. The molecule has 0 spiro atoms. The minimum Gasteiger partial charge on any atom is -0.385 e. The number of hydrogen-bond acceptors (Lipinski definition) is 3. The van der Waals surface area contributed by atoms with E-state index in [4.69, 9.17) is 23.2 Å². The predicted molar refractivity (Wildman–Crippen MR) is 72.8 cm³/mol. The number of aromatic nitrogens is 1. The first-order valence-corrected chi connectivity index (χ1v) is 6.59. The van der Waals surface area contributed by atoms with Crippen LogP contribution in [0.15, 0.2) is 24.4 Å². The molecular weight excluding hydrogens is 277 g/mol. The summed E-state index contributed by atoms with van der Waals surface area (Å²) in [6, 6.07) is 5.29.